The lowest BCUT2D eigenvalue weighted by Crippen LogP contribution is -2.17. The fourth-order valence-electron chi connectivity index (χ4n) is 3.21. The molecule has 29 heavy (non-hydrogen) atoms. The molecule has 2 aromatic carbocycles. The van der Waals surface area contributed by atoms with Crippen LogP contribution in [0, 0.1) is 6.92 Å². The molecule has 0 saturated carbocycles. The lowest BCUT2D eigenvalue weighted by atomic mass is 10.0. The SMILES string of the molecule is COc1ccc2c(=O)c(-c3ccn(-c4ccccc4)n3)c(C(F)(F)F)oc2c1C. The molecule has 0 saturated heterocycles. The standard InChI is InChI=1S/C21H15F3N2O3/c1-12-16(28-2)9-8-14-18(27)17(20(21(22,23)24)29-19(12)14)15-10-11-26(25-15)13-6-4-3-5-7-13/h3-11H,1-2H3. The van der Waals surface area contributed by atoms with Crippen molar-refractivity contribution in [3.05, 3.63) is 76.3 Å². The van der Waals surface area contributed by atoms with Crippen LogP contribution in [0.5, 0.6) is 5.75 Å². The molecule has 8 heteroatoms. The number of nitrogens with zero attached hydrogens (tertiary/aromatic N) is 2. The van der Waals surface area contributed by atoms with Crippen molar-refractivity contribution in [3.8, 4) is 22.7 Å². The van der Waals surface area contributed by atoms with Gasteiger partial charge in [-0.3, -0.25) is 4.79 Å². The van der Waals surface area contributed by atoms with E-state index in [2.05, 4.69) is 5.10 Å². The van der Waals surface area contributed by atoms with Crippen LogP contribution in [0.3, 0.4) is 0 Å². The van der Waals surface area contributed by atoms with E-state index in [-0.39, 0.29) is 16.7 Å². The van der Waals surface area contributed by atoms with Crippen molar-refractivity contribution >= 4 is 11.0 Å². The van der Waals surface area contributed by atoms with Gasteiger partial charge in [0.1, 0.15) is 17.0 Å². The summed E-state index contributed by atoms with van der Waals surface area (Å²) in [6.07, 6.45) is -3.39. The van der Waals surface area contributed by atoms with Gasteiger partial charge in [-0.25, -0.2) is 4.68 Å². The zero-order valence-corrected chi connectivity index (χ0v) is 15.4. The highest BCUT2D eigenvalue weighted by molar-refractivity contribution is 5.86. The number of aryl methyl sites for hydroxylation is 1. The number of hydrogen-bond donors (Lipinski definition) is 0. The minimum absolute atomic E-state index is 0.0283. The molecule has 0 aliphatic heterocycles. The number of ether oxygens (including phenoxy) is 1. The number of rotatable bonds is 3. The Morgan fingerprint density at radius 1 is 1.07 bits per heavy atom. The zero-order chi connectivity index (χ0) is 20.8. The Morgan fingerprint density at radius 3 is 2.45 bits per heavy atom. The molecule has 0 atom stereocenters. The third-order valence-corrected chi connectivity index (χ3v) is 4.60. The van der Waals surface area contributed by atoms with Crippen LogP contribution in [0.4, 0.5) is 13.2 Å². The average Bonchev–Trinajstić information content (AvgIpc) is 3.18. The van der Waals surface area contributed by atoms with E-state index < -0.39 is 22.9 Å². The number of para-hydroxylation sites is 1. The summed E-state index contributed by atoms with van der Waals surface area (Å²) < 4.78 is 53.1. The van der Waals surface area contributed by atoms with Crippen molar-refractivity contribution < 1.29 is 22.3 Å². The summed E-state index contributed by atoms with van der Waals surface area (Å²) in [5.74, 6) is -1.06. The normalized spacial score (nSPS) is 11.8. The average molecular weight is 400 g/mol. The lowest BCUT2D eigenvalue weighted by Gasteiger charge is -2.13. The zero-order valence-electron chi connectivity index (χ0n) is 15.4. The van der Waals surface area contributed by atoms with E-state index in [1.165, 1.54) is 43.1 Å². The fraction of sp³-hybridized carbons (Fsp3) is 0.143. The molecule has 4 rings (SSSR count). The van der Waals surface area contributed by atoms with Crippen molar-refractivity contribution in [2.75, 3.05) is 7.11 Å². The molecule has 0 bridgehead atoms. The maximum absolute atomic E-state index is 13.8. The Kier molecular flexibility index (Phi) is 4.41. The Morgan fingerprint density at radius 2 is 1.79 bits per heavy atom. The van der Waals surface area contributed by atoms with E-state index in [1.54, 1.807) is 24.3 Å². The third-order valence-electron chi connectivity index (χ3n) is 4.60. The van der Waals surface area contributed by atoms with Crippen molar-refractivity contribution in [1.82, 2.24) is 9.78 Å². The smallest absolute Gasteiger partial charge is 0.450 e. The molecular formula is C21H15F3N2O3. The summed E-state index contributed by atoms with van der Waals surface area (Å²) in [4.78, 5) is 13.0. The van der Waals surface area contributed by atoms with Gasteiger partial charge in [-0.2, -0.15) is 18.3 Å². The van der Waals surface area contributed by atoms with Crippen LogP contribution < -0.4 is 10.2 Å². The van der Waals surface area contributed by atoms with Crippen LogP contribution in [0.25, 0.3) is 27.9 Å². The molecule has 148 valence electrons. The number of hydrogen-bond acceptors (Lipinski definition) is 4. The maximum atomic E-state index is 13.8. The van der Waals surface area contributed by atoms with Crippen molar-refractivity contribution in [2.45, 2.75) is 13.1 Å². The minimum atomic E-state index is -4.88. The molecule has 0 N–H and O–H groups in total. The summed E-state index contributed by atoms with van der Waals surface area (Å²) in [5, 5.41) is 4.21. The van der Waals surface area contributed by atoms with E-state index in [1.807, 2.05) is 6.07 Å². The van der Waals surface area contributed by atoms with E-state index >= 15 is 0 Å². The van der Waals surface area contributed by atoms with Gasteiger partial charge in [0.15, 0.2) is 0 Å². The van der Waals surface area contributed by atoms with Crippen molar-refractivity contribution in [1.29, 1.82) is 0 Å². The minimum Gasteiger partial charge on any atom is -0.496 e. The highest BCUT2D eigenvalue weighted by Gasteiger charge is 2.40. The molecule has 2 aromatic heterocycles. The summed E-state index contributed by atoms with van der Waals surface area (Å²) in [6.45, 7) is 1.54. The van der Waals surface area contributed by atoms with Gasteiger partial charge in [0.25, 0.3) is 0 Å². The highest BCUT2D eigenvalue weighted by atomic mass is 19.4. The summed E-state index contributed by atoms with van der Waals surface area (Å²) in [5.41, 5.74) is -0.739. The first-order chi connectivity index (χ1) is 13.8. The Hall–Kier alpha value is -3.55. The van der Waals surface area contributed by atoms with Crippen LogP contribution >= 0.6 is 0 Å². The quantitative estimate of drug-likeness (QED) is 0.487. The Labute approximate surface area is 163 Å². The molecule has 5 nitrogen and oxygen atoms in total. The first-order valence-electron chi connectivity index (χ1n) is 8.64. The number of methoxy groups -OCH3 is 1. The number of fused-ring (bicyclic) bond motifs is 1. The first-order valence-corrected chi connectivity index (χ1v) is 8.64. The highest BCUT2D eigenvalue weighted by Crippen LogP contribution is 2.38. The molecule has 0 aliphatic carbocycles. The van der Waals surface area contributed by atoms with Gasteiger partial charge in [-0.1, -0.05) is 18.2 Å². The fourth-order valence-corrected chi connectivity index (χ4v) is 3.21. The molecular weight excluding hydrogens is 385 g/mol. The van der Waals surface area contributed by atoms with E-state index in [0.29, 0.717) is 17.0 Å². The molecule has 0 spiro atoms. The number of aromatic nitrogens is 2. The van der Waals surface area contributed by atoms with Gasteiger partial charge in [0.05, 0.1) is 23.7 Å². The van der Waals surface area contributed by atoms with Crippen molar-refractivity contribution in [2.24, 2.45) is 0 Å². The van der Waals surface area contributed by atoms with Gasteiger partial charge in [-0.05, 0) is 37.3 Å². The monoisotopic (exact) mass is 400 g/mol. The molecule has 4 aromatic rings. The molecule has 2 heterocycles. The number of halogens is 3. The molecule has 0 aliphatic rings. The Balaban J connectivity index is 2.01. The van der Waals surface area contributed by atoms with Gasteiger partial charge in [-0.15, -0.1) is 0 Å². The molecule has 0 fully saturated rings. The summed E-state index contributed by atoms with van der Waals surface area (Å²) in [6, 6.07) is 13.1. The van der Waals surface area contributed by atoms with Crippen LogP contribution in [0.2, 0.25) is 0 Å². The molecule has 0 amide bonds. The van der Waals surface area contributed by atoms with Gasteiger partial charge >= 0.3 is 6.18 Å². The van der Waals surface area contributed by atoms with Crippen LogP contribution in [0.15, 0.2) is 63.9 Å². The molecule has 0 radical (unpaired) electrons. The lowest BCUT2D eigenvalue weighted by molar-refractivity contribution is -0.152. The van der Waals surface area contributed by atoms with E-state index in [0.717, 1.165) is 0 Å². The molecule has 0 unspecified atom stereocenters. The van der Waals surface area contributed by atoms with Gasteiger partial charge in [0, 0.05) is 11.8 Å². The second-order valence-electron chi connectivity index (χ2n) is 6.38. The summed E-state index contributed by atoms with van der Waals surface area (Å²) in [7, 11) is 1.39. The second kappa shape index (κ2) is 6.80. The largest absolute Gasteiger partial charge is 0.496 e. The van der Waals surface area contributed by atoms with Crippen LogP contribution in [0.1, 0.15) is 11.3 Å². The van der Waals surface area contributed by atoms with Crippen molar-refractivity contribution in [3.63, 3.8) is 0 Å². The van der Waals surface area contributed by atoms with Crippen LogP contribution in [-0.2, 0) is 6.18 Å². The topological polar surface area (TPSA) is 57.3 Å². The van der Waals surface area contributed by atoms with Gasteiger partial charge in [0.2, 0.25) is 11.2 Å². The number of alkyl halides is 3. The third kappa shape index (κ3) is 3.16. The first kappa shape index (κ1) is 18.8. The van der Waals surface area contributed by atoms with Crippen LogP contribution in [-0.4, -0.2) is 16.9 Å². The number of benzene rings is 2. The second-order valence-corrected chi connectivity index (χ2v) is 6.38. The maximum Gasteiger partial charge on any atom is 0.450 e. The predicted octanol–water partition coefficient (Wildman–Crippen LogP) is 4.98. The summed E-state index contributed by atoms with van der Waals surface area (Å²) >= 11 is 0. The van der Waals surface area contributed by atoms with Gasteiger partial charge < -0.3 is 9.15 Å². The Bertz CT molecular complexity index is 1260. The van der Waals surface area contributed by atoms with E-state index in [9.17, 15) is 18.0 Å². The van der Waals surface area contributed by atoms with E-state index in [4.69, 9.17) is 9.15 Å². The predicted molar refractivity (Wildman–Crippen MR) is 101 cm³/mol.